The van der Waals surface area contributed by atoms with Crippen molar-refractivity contribution in [2.75, 3.05) is 26.2 Å². The van der Waals surface area contributed by atoms with E-state index in [0.717, 1.165) is 32.4 Å². The lowest BCUT2D eigenvalue weighted by molar-refractivity contribution is -0.120. The maximum atomic E-state index is 10.9. The molecule has 2 fully saturated rings. The molecule has 1 amide bonds. The van der Waals surface area contributed by atoms with Gasteiger partial charge in [-0.2, -0.15) is 0 Å². The lowest BCUT2D eigenvalue weighted by Crippen LogP contribution is -2.54. The molecule has 2 rings (SSSR count). The van der Waals surface area contributed by atoms with Gasteiger partial charge in [0.15, 0.2) is 0 Å². The molecular weight excluding hydrogens is 232 g/mol. The van der Waals surface area contributed by atoms with Crippen molar-refractivity contribution in [2.24, 2.45) is 0 Å². The second-order valence-electron chi connectivity index (χ2n) is 5.34. The highest BCUT2D eigenvalue weighted by atomic mass is 16.5. The van der Waals surface area contributed by atoms with Crippen LogP contribution in [0.25, 0.3) is 0 Å². The molecule has 1 aliphatic heterocycles. The van der Waals surface area contributed by atoms with Crippen LogP contribution in [0.1, 0.15) is 32.6 Å². The third-order valence-electron chi connectivity index (χ3n) is 3.91. The Morgan fingerprint density at radius 2 is 2.22 bits per heavy atom. The fraction of sp³-hybridized carbons (Fsp3) is 0.923. The van der Waals surface area contributed by atoms with Crippen LogP contribution in [0.3, 0.4) is 0 Å². The number of amides is 1. The average molecular weight is 256 g/mol. The van der Waals surface area contributed by atoms with Crippen molar-refractivity contribution in [3.63, 3.8) is 0 Å². The molecule has 0 bridgehead atoms. The van der Waals surface area contributed by atoms with Gasteiger partial charge in [0, 0.05) is 32.6 Å². The highest BCUT2D eigenvalue weighted by molar-refractivity contribution is 5.72. The van der Waals surface area contributed by atoms with Gasteiger partial charge >= 0.3 is 0 Å². The first-order valence-electron chi connectivity index (χ1n) is 6.95. The number of ether oxygens (including phenoxy) is 1. The Morgan fingerprint density at radius 1 is 1.44 bits per heavy atom. The molecule has 0 aromatic heterocycles. The van der Waals surface area contributed by atoms with E-state index in [4.69, 9.17) is 4.74 Å². The molecule has 5 nitrogen and oxygen atoms in total. The zero-order valence-electron chi connectivity index (χ0n) is 11.1. The third kappa shape index (κ3) is 3.67. The van der Waals surface area contributed by atoms with Gasteiger partial charge in [-0.15, -0.1) is 0 Å². The lowest BCUT2D eigenvalue weighted by Gasteiger charge is -2.42. The predicted octanol–water partition coefficient (Wildman–Crippen LogP) is 0.127. The molecule has 2 aliphatic rings. The Labute approximate surface area is 108 Å². The number of carbonyl (C=O) groups excluding carboxylic acids is 1. The molecule has 104 valence electrons. The largest absolute Gasteiger partial charge is 0.391 e. The van der Waals surface area contributed by atoms with Crippen molar-refractivity contribution in [1.29, 1.82) is 0 Å². The first kappa shape index (κ1) is 13.8. The zero-order chi connectivity index (χ0) is 13.0. The molecule has 0 spiro atoms. The molecule has 18 heavy (non-hydrogen) atoms. The van der Waals surface area contributed by atoms with Gasteiger partial charge in [-0.1, -0.05) is 12.8 Å². The summed E-state index contributed by atoms with van der Waals surface area (Å²) in [6.45, 7) is 4.47. The summed E-state index contributed by atoms with van der Waals surface area (Å²) in [6, 6.07) is 0.280. The molecule has 1 saturated carbocycles. The SMILES string of the molecule is CC(=O)NC[C@@H]1CN([C@@H]2CCCC[C@H]2O)CCO1. The van der Waals surface area contributed by atoms with E-state index in [1.165, 1.54) is 13.3 Å². The average Bonchev–Trinajstić information content (AvgIpc) is 2.37. The maximum Gasteiger partial charge on any atom is 0.216 e. The number of hydrogen-bond acceptors (Lipinski definition) is 4. The Morgan fingerprint density at radius 3 is 2.94 bits per heavy atom. The van der Waals surface area contributed by atoms with E-state index in [1.807, 2.05) is 0 Å². The number of hydrogen-bond donors (Lipinski definition) is 2. The molecular formula is C13H24N2O3. The summed E-state index contributed by atoms with van der Waals surface area (Å²) in [7, 11) is 0. The number of morpholine rings is 1. The van der Waals surface area contributed by atoms with E-state index >= 15 is 0 Å². The second kappa shape index (κ2) is 6.50. The predicted molar refractivity (Wildman–Crippen MR) is 68.3 cm³/mol. The summed E-state index contributed by atoms with van der Waals surface area (Å²) >= 11 is 0. The first-order chi connectivity index (χ1) is 8.66. The van der Waals surface area contributed by atoms with Crippen molar-refractivity contribution in [1.82, 2.24) is 10.2 Å². The molecule has 5 heteroatoms. The van der Waals surface area contributed by atoms with E-state index in [9.17, 15) is 9.90 Å². The molecule has 2 N–H and O–H groups in total. The van der Waals surface area contributed by atoms with Gasteiger partial charge in [-0.05, 0) is 12.8 Å². The summed E-state index contributed by atoms with van der Waals surface area (Å²) in [5, 5.41) is 12.9. The fourth-order valence-corrected chi connectivity index (χ4v) is 2.94. The molecule has 1 aliphatic carbocycles. The first-order valence-corrected chi connectivity index (χ1v) is 6.95. The zero-order valence-corrected chi connectivity index (χ0v) is 11.1. The van der Waals surface area contributed by atoms with Crippen LogP contribution in [0, 0.1) is 0 Å². The van der Waals surface area contributed by atoms with Crippen LogP contribution >= 0.6 is 0 Å². The number of aliphatic hydroxyl groups is 1. The molecule has 3 atom stereocenters. The van der Waals surface area contributed by atoms with Crippen LogP contribution in [-0.4, -0.2) is 60.4 Å². The summed E-state index contributed by atoms with van der Waals surface area (Å²) in [4.78, 5) is 13.2. The van der Waals surface area contributed by atoms with Crippen molar-refractivity contribution < 1.29 is 14.6 Å². The van der Waals surface area contributed by atoms with Crippen LogP contribution in [0.2, 0.25) is 0 Å². The van der Waals surface area contributed by atoms with Crippen molar-refractivity contribution >= 4 is 5.91 Å². The number of aliphatic hydroxyl groups excluding tert-OH is 1. The monoisotopic (exact) mass is 256 g/mol. The van der Waals surface area contributed by atoms with Crippen LogP contribution in [-0.2, 0) is 9.53 Å². The topological polar surface area (TPSA) is 61.8 Å². The van der Waals surface area contributed by atoms with Gasteiger partial charge in [-0.3, -0.25) is 9.69 Å². The number of nitrogens with one attached hydrogen (secondary N) is 1. The highest BCUT2D eigenvalue weighted by Gasteiger charge is 2.32. The van der Waals surface area contributed by atoms with Gasteiger partial charge in [0.2, 0.25) is 5.91 Å². The van der Waals surface area contributed by atoms with Gasteiger partial charge in [0.1, 0.15) is 0 Å². The van der Waals surface area contributed by atoms with E-state index in [1.54, 1.807) is 0 Å². The Balaban J connectivity index is 1.83. The van der Waals surface area contributed by atoms with Crippen LogP contribution in [0.4, 0.5) is 0 Å². The molecule has 0 aromatic rings. The van der Waals surface area contributed by atoms with Crippen molar-refractivity contribution in [3.8, 4) is 0 Å². The summed E-state index contributed by atoms with van der Waals surface area (Å²) in [5.41, 5.74) is 0. The van der Waals surface area contributed by atoms with Gasteiger partial charge < -0.3 is 15.2 Å². The number of carbonyl (C=O) groups is 1. The molecule has 1 saturated heterocycles. The van der Waals surface area contributed by atoms with E-state index in [-0.39, 0.29) is 24.2 Å². The Hall–Kier alpha value is -0.650. The molecule has 1 heterocycles. The minimum absolute atomic E-state index is 0.0200. The third-order valence-corrected chi connectivity index (χ3v) is 3.91. The summed E-state index contributed by atoms with van der Waals surface area (Å²) in [5.74, 6) is -0.0200. The van der Waals surface area contributed by atoms with E-state index < -0.39 is 0 Å². The minimum Gasteiger partial charge on any atom is -0.391 e. The van der Waals surface area contributed by atoms with Gasteiger partial charge in [0.25, 0.3) is 0 Å². The minimum atomic E-state index is -0.196. The highest BCUT2D eigenvalue weighted by Crippen LogP contribution is 2.24. The van der Waals surface area contributed by atoms with Crippen LogP contribution in [0.15, 0.2) is 0 Å². The second-order valence-corrected chi connectivity index (χ2v) is 5.34. The van der Waals surface area contributed by atoms with E-state index in [0.29, 0.717) is 13.2 Å². The van der Waals surface area contributed by atoms with Crippen LogP contribution < -0.4 is 5.32 Å². The molecule has 0 unspecified atom stereocenters. The lowest BCUT2D eigenvalue weighted by atomic mass is 9.91. The Bertz CT molecular complexity index is 285. The van der Waals surface area contributed by atoms with Crippen molar-refractivity contribution in [2.45, 2.75) is 50.9 Å². The summed E-state index contributed by atoms with van der Waals surface area (Å²) in [6.07, 6.45) is 4.19. The molecule has 0 aromatic carbocycles. The van der Waals surface area contributed by atoms with Crippen LogP contribution in [0.5, 0.6) is 0 Å². The van der Waals surface area contributed by atoms with E-state index in [2.05, 4.69) is 10.2 Å². The van der Waals surface area contributed by atoms with Crippen molar-refractivity contribution in [3.05, 3.63) is 0 Å². The van der Waals surface area contributed by atoms with Gasteiger partial charge in [-0.25, -0.2) is 0 Å². The smallest absolute Gasteiger partial charge is 0.216 e. The maximum absolute atomic E-state index is 10.9. The van der Waals surface area contributed by atoms with Gasteiger partial charge in [0.05, 0.1) is 18.8 Å². The fourth-order valence-electron chi connectivity index (χ4n) is 2.94. The molecule has 0 radical (unpaired) electrons. The standard InChI is InChI=1S/C13H24N2O3/c1-10(16)14-8-11-9-15(6-7-18-11)12-4-2-3-5-13(12)17/h11-13,17H,2-9H2,1H3,(H,14,16)/t11-,12-,13-/m1/s1. The normalized spacial score (nSPS) is 34.2. The quantitative estimate of drug-likeness (QED) is 0.753. The number of rotatable bonds is 3. The number of nitrogens with zero attached hydrogens (tertiary/aromatic N) is 1. The Kier molecular flexibility index (Phi) is 4.97. The summed E-state index contributed by atoms with van der Waals surface area (Å²) < 4.78 is 5.65.